The lowest BCUT2D eigenvalue weighted by molar-refractivity contribution is -0.137. The standard InChI is InChI=1S/C14H19NO3/c1-3-18-14(17)5-10(2)4-11-6-13-7-12(11)8-15(13)9-16/h5,8-9,11,13H,3-4,6-7H2,1-2H3/b10-5+. The Morgan fingerprint density at radius 3 is 2.94 bits per heavy atom. The summed E-state index contributed by atoms with van der Waals surface area (Å²) in [7, 11) is 0. The fourth-order valence-corrected chi connectivity index (χ4v) is 2.85. The number of amides is 1. The third-order valence-corrected chi connectivity index (χ3v) is 3.63. The van der Waals surface area contributed by atoms with Gasteiger partial charge in [0, 0.05) is 18.3 Å². The first-order valence-corrected chi connectivity index (χ1v) is 6.41. The Bertz CT molecular complexity index is 411. The Morgan fingerprint density at radius 2 is 2.39 bits per heavy atom. The lowest BCUT2D eigenvalue weighted by Crippen LogP contribution is -2.26. The quantitative estimate of drug-likeness (QED) is 0.425. The molecule has 2 atom stereocenters. The third-order valence-electron chi connectivity index (χ3n) is 3.63. The largest absolute Gasteiger partial charge is 0.463 e. The summed E-state index contributed by atoms with van der Waals surface area (Å²) in [5, 5.41) is 0. The number of ether oxygens (including phenoxy) is 1. The molecular weight excluding hydrogens is 230 g/mol. The van der Waals surface area contributed by atoms with E-state index in [9.17, 15) is 9.59 Å². The van der Waals surface area contributed by atoms with E-state index in [1.165, 1.54) is 5.57 Å². The maximum absolute atomic E-state index is 11.3. The molecule has 98 valence electrons. The minimum Gasteiger partial charge on any atom is -0.463 e. The molecule has 0 aromatic rings. The maximum atomic E-state index is 11.3. The number of esters is 1. The van der Waals surface area contributed by atoms with Crippen molar-refractivity contribution in [2.24, 2.45) is 5.92 Å². The van der Waals surface area contributed by atoms with Crippen molar-refractivity contribution in [3.8, 4) is 0 Å². The van der Waals surface area contributed by atoms with Crippen molar-refractivity contribution in [2.45, 2.75) is 39.2 Å². The van der Waals surface area contributed by atoms with E-state index in [1.807, 2.05) is 13.1 Å². The molecule has 2 aliphatic rings. The zero-order chi connectivity index (χ0) is 13.1. The van der Waals surface area contributed by atoms with E-state index in [1.54, 1.807) is 17.9 Å². The molecule has 0 radical (unpaired) electrons. The van der Waals surface area contributed by atoms with Crippen LogP contribution >= 0.6 is 0 Å². The van der Waals surface area contributed by atoms with Gasteiger partial charge < -0.3 is 9.64 Å². The molecular formula is C14H19NO3. The number of hydrogen-bond acceptors (Lipinski definition) is 3. The van der Waals surface area contributed by atoms with Gasteiger partial charge in [-0.05, 0) is 44.6 Å². The van der Waals surface area contributed by atoms with Gasteiger partial charge in [-0.15, -0.1) is 0 Å². The summed E-state index contributed by atoms with van der Waals surface area (Å²) in [4.78, 5) is 23.8. The SMILES string of the molecule is CCOC(=O)/C=C(\C)CC1CC2CC1=CN2C=O. The van der Waals surface area contributed by atoms with Gasteiger partial charge in [0.1, 0.15) is 0 Å². The summed E-state index contributed by atoms with van der Waals surface area (Å²) in [6, 6.07) is 0.345. The van der Waals surface area contributed by atoms with Crippen LogP contribution in [0, 0.1) is 5.92 Å². The topological polar surface area (TPSA) is 46.6 Å². The molecule has 18 heavy (non-hydrogen) atoms. The van der Waals surface area contributed by atoms with Gasteiger partial charge in [-0.1, -0.05) is 5.57 Å². The van der Waals surface area contributed by atoms with Gasteiger partial charge in [-0.2, -0.15) is 0 Å². The van der Waals surface area contributed by atoms with E-state index < -0.39 is 0 Å². The van der Waals surface area contributed by atoms with Crippen LogP contribution in [0.4, 0.5) is 0 Å². The molecule has 2 unspecified atom stereocenters. The summed E-state index contributed by atoms with van der Waals surface area (Å²) < 4.78 is 4.89. The Balaban J connectivity index is 1.92. The summed E-state index contributed by atoms with van der Waals surface area (Å²) in [5.41, 5.74) is 2.38. The zero-order valence-corrected chi connectivity index (χ0v) is 10.9. The Kier molecular flexibility index (Phi) is 3.84. The first kappa shape index (κ1) is 12.9. The van der Waals surface area contributed by atoms with Crippen molar-refractivity contribution in [2.75, 3.05) is 6.61 Å². The van der Waals surface area contributed by atoms with Gasteiger partial charge >= 0.3 is 5.97 Å². The van der Waals surface area contributed by atoms with Gasteiger partial charge in [0.2, 0.25) is 6.41 Å². The number of carbonyl (C=O) groups excluding carboxylic acids is 2. The predicted octanol–water partition coefficient (Wildman–Crippen LogP) is 2.02. The first-order chi connectivity index (χ1) is 8.63. The predicted molar refractivity (Wildman–Crippen MR) is 67.5 cm³/mol. The minimum absolute atomic E-state index is 0.262. The summed E-state index contributed by atoms with van der Waals surface area (Å²) in [6.07, 6.45) is 7.33. The highest BCUT2D eigenvalue weighted by molar-refractivity contribution is 5.82. The molecule has 0 saturated heterocycles. The molecule has 1 aliphatic carbocycles. The normalized spacial score (nSPS) is 26.2. The van der Waals surface area contributed by atoms with E-state index in [-0.39, 0.29) is 5.97 Å². The van der Waals surface area contributed by atoms with E-state index >= 15 is 0 Å². The fourth-order valence-electron chi connectivity index (χ4n) is 2.85. The highest BCUT2D eigenvalue weighted by Crippen LogP contribution is 2.42. The second kappa shape index (κ2) is 5.38. The second-order valence-electron chi connectivity index (χ2n) is 4.99. The Morgan fingerprint density at radius 1 is 1.61 bits per heavy atom. The molecule has 1 amide bonds. The fraction of sp³-hybridized carbons (Fsp3) is 0.571. The van der Waals surface area contributed by atoms with Gasteiger partial charge in [0.05, 0.1) is 6.61 Å². The maximum Gasteiger partial charge on any atom is 0.330 e. The number of carbonyl (C=O) groups is 2. The van der Waals surface area contributed by atoms with E-state index in [0.29, 0.717) is 18.6 Å². The van der Waals surface area contributed by atoms with Crippen LogP contribution in [0.1, 0.15) is 33.1 Å². The summed E-state index contributed by atoms with van der Waals surface area (Å²) >= 11 is 0. The molecule has 0 aromatic carbocycles. The van der Waals surface area contributed by atoms with Crippen molar-refractivity contribution >= 4 is 12.4 Å². The van der Waals surface area contributed by atoms with Crippen LogP contribution in [0.5, 0.6) is 0 Å². The van der Waals surface area contributed by atoms with Crippen molar-refractivity contribution in [3.63, 3.8) is 0 Å². The van der Waals surface area contributed by atoms with Crippen LogP contribution in [0.3, 0.4) is 0 Å². The van der Waals surface area contributed by atoms with Crippen molar-refractivity contribution in [3.05, 3.63) is 23.4 Å². The monoisotopic (exact) mass is 249 g/mol. The molecule has 0 aromatic heterocycles. The number of fused-ring (bicyclic) bond motifs is 2. The number of rotatable bonds is 5. The zero-order valence-electron chi connectivity index (χ0n) is 10.9. The van der Waals surface area contributed by atoms with Crippen LogP contribution in [0.2, 0.25) is 0 Å². The lowest BCUT2D eigenvalue weighted by atomic mass is 9.94. The first-order valence-electron chi connectivity index (χ1n) is 6.41. The highest BCUT2D eigenvalue weighted by atomic mass is 16.5. The molecule has 2 bridgehead atoms. The lowest BCUT2D eigenvalue weighted by Gasteiger charge is -2.22. The smallest absolute Gasteiger partial charge is 0.330 e. The molecule has 4 nitrogen and oxygen atoms in total. The molecule has 1 fully saturated rings. The second-order valence-corrected chi connectivity index (χ2v) is 4.99. The highest BCUT2D eigenvalue weighted by Gasteiger charge is 2.37. The summed E-state index contributed by atoms with van der Waals surface area (Å²) in [5.74, 6) is 0.221. The van der Waals surface area contributed by atoms with Gasteiger partial charge in [-0.3, -0.25) is 4.79 Å². The minimum atomic E-state index is -0.262. The molecule has 2 rings (SSSR count). The van der Waals surface area contributed by atoms with Crippen LogP contribution in [-0.2, 0) is 14.3 Å². The van der Waals surface area contributed by atoms with Gasteiger partial charge in [0.25, 0.3) is 0 Å². The van der Waals surface area contributed by atoms with E-state index in [4.69, 9.17) is 4.74 Å². The summed E-state index contributed by atoms with van der Waals surface area (Å²) in [6.45, 7) is 4.17. The molecule has 0 N–H and O–H groups in total. The van der Waals surface area contributed by atoms with E-state index in [2.05, 4.69) is 0 Å². The van der Waals surface area contributed by atoms with E-state index in [0.717, 1.165) is 31.2 Å². The Labute approximate surface area is 107 Å². The van der Waals surface area contributed by atoms with Crippen molar-refractivity contribution < 1.29 is 14.3 Å². The number of nitrogens with zero attached hydrogens (tertiary/aromatic N) is 1. The van der Waals surface area contributed by atoms with Crippen molar-refractivity contribution in [1.82, 2.24) is 4.90 Å². The Hall–Kier alpha value is -1.58. The average Bonchev–Trinajstić information content (AvgIpc) is 2.87. The van der Waals surface area contributed by atoms with Crippen LogP contribution in [-0.4, -0.2) is 29.9 Å². The van der Waals surface area contributed by atoms with Gasteiger partial charge in [0.15, 0.2) is 0 Å². The van der Waals surface area contributed by atoms with Gasteiger partial charge in [-0.25, -0.2) is 4.79 Å². The molecule has 1 aliphatic heterocycles. The average molecular weight is 249 g/mol. The molecule has 1 heterocycles. The van der Waals surface area contributed by atoms with Crippen molar-refractivity contribution in [1.29, 1.82) is 0 Å². The van der Waals surface area contributed by atoms with Crippen LogP contribution < -0.4 is 0 Å². The third kappa shape index (κ3) is 2.63. The molecule has 1 saturated carbocycles. The molecule has 4 heteroatoms. The number of allylic oxidation sites excluding steroid dienone is 1. The van der Waals surface area contributed by atoms with Crippen LogP contribution in [0.15, 0.2) is 23.4 Å². The number of hydrogen-bond donors (Lipinski definition) is 0. The van der Waals surface area contributed by atoms with Crippen LogP contribution in [0.25, 0.3) is 0 Å². The molecule has 0 spiro atoms.